The average molecular weight is 303 g/mol. The summed E-state index contributed by atoms with van der Waals surface area (Å²) in [7, 11) is 1.88. The topological polar surface area (TPSA) is 66.6 Å². The maximum absolute atomic E-state index is 10.9. The summed E-state index contributed by atoms with van der Waals surface area (Å²) in [6, 6.07) is 5.05. The van der Waals surface area contributed by atoms with Gasteiger partial charge in [-0.15, -0.1) is 0 Å². The fraction of sp³-hybridized carbons (Fsp3) is 0.455. The van der Waals surface area contributed by atoms with Crippen molar-refractivity contribution in [1.82, 2.24) is 4.90 Å². The van der Waals surface area contributed by atoms with E-state index in [4.69, 9.17) is 5.11 Å². The molecule has 0 saturated carbocycles. The summed E-state index contributed by atoms with van der Waals surface area (Å²) in [5, 5.41) is 19.6. The van der Waals surface area contributed by atoms with Crippen molar-refractivity contribution in [3.05, 3.63) is 38.3 Å². The molecule has 94 valence electrons. The molecule has 6 heteroatoms. The number of hydrogen-bond donors (Lipinski definition) is 1. The number of benzene rings is 1. The smallest absolute Gasteiger partial charge is 0.275 e. The maximum atomic E-state index is 10.9. The highest BCUT2D eigenvalue weighted by atomic mass is 79.9. The van der Waals surface area contributed by atoms with Crippen LogP contribution in [0.3, 0.4) is 0 Å². The molecule has 0 aromatic heterocycles. The SMILES string of the molecule is CN(CCCO)Cc1ccc(Br)cc1[N+](=O)[O-]. The van der Waals surface area contributed by atoms with Gasteiger partial charge in [0, 0.05) is 35.8 Å². The van der Waals surface area contributed by atoms with Gasteiger partial charge >= 0.3 is 0 Å². The molecule has 0 spiro atoms. The molecule has 1 aromatic carbocycles. The highest BCUT2D eigenvalue weighted by molar-refractivity contribution is 9.10. The minimum absolute atomic E-state index is 0.121. The second-order valence-electron chi connectivity index (χ2n) is 3.85. The van der Waals surface area contributed by atoms with Crippen LogP contribution in [0.4, 0.5) is 5.69 Å². The van der Waals surface area contributed by atoms with Crippen LogP contribution < -0.4 is 0 Å². The van der Waals surface area contributed by atoms with Crippen LogP contribution in [0.1, 0.15) is 12.0 Å². The first-order valence-electron chi connectivity index (χ1n) is 5.27. The monoisotopic (exact) mass is 302 g/mol. The van der Waals surface area contributed by atoms with Gasteiger partial charge in [-0.05, 0) is 25.6 Å². The zero-order chi connectivity index (χ0) is 12.8. The molecule has 1 N–H and O–H groups in total. The third-order valence-corrected chi connectivity index (χ3v) is 2.88. The second-order valence-corrected chi connectivity index (χ2v) is 4.76. The highest BCUT2D eigenvalue weighted by Gasteiger charge is 2.15. The standard InChI is InChI=1S/C11H15BrN2O3/c1-13(5-2-6-15)8-9-3-4-10(12)7-11(9)14(16)17/h3-4,7,15H,2,5-6,8H2,1H3. The van der Waals surface area contributed by atoms with E-state index in [1.807, 2.05) is 11.9 Å². The lowest BCUT2D eigenvalue weighted by molar-refractivity contribution is -0.385. The normalized spacial score (nSPS) is 10.8. The van der Waals surface area contributed by atoms with E-state index < -0.39 is 0 Å². The zero-order valence-electron chi connectivity index (χ0n) is 9.60. The van der Waals surface area contributed by atoms with Crippen molar-refractivity contribution in [2.24, 2.45) is 0 Å². The van der Waals surface area contributed by atoms with E-state index in [1.165, 1.54) is 6.07 Å². The Kier molecular flexibility index (Phi) is 5.54. The van der Waals surface area contributed by atoms with Crippen LogP contribution in [0.15, 0.2) is 22.7 Å². The van der Waals surface area contributed by atoms with Crippen molar-refractivity contribution >= 4 is 21.6 Å². The van der Waals surface area contributed by atoms with Crippen LogP contribution in [-0.2, 0) is 6.54 Å². The Hall–Kier alpha value is -0.980. The van der Waals surface area contributed by atoms with Gasteiger partial charge in [-0.25, -0.2) is 0 Å². The molecule has 1 rings (SSSR count). The molecule has 1 aromatic rings. The van der Waals surface area contributed by atoms with E-state index in [0.29, 0.717) is 29.5 Å². The summed E-state index contributed by atoms with van der Waals surface area (Å²) >= 11 is 3.22. The summed E-state index contributed by atoms with van der Waals surface area (Å²) < 4.78 is 0.700. The van der Waals surface area contributed by atoms with Crippen LogP contribution >= 0.6 is 15.9 Å². The lowest BCUT2D eigenvalue weighted by atomic mass is 10.1. The largest absolute Gasteiger partial charge is 0.396 e. The van der Waals surface area contributed by atoms with Crippen molar-refractivity contribution in [3.8, 4) is 0 Å². The Labute approximate surface area is 108 Å². The molecule has 0 fully saturated rings. The number of halogens is 1. The molecule has 17 heavy (non-hydrogen) atoms. The summed E-state index contributed by atoms with van der Waals surface area (Å²) in [6.07, 6.45) is 0.667. The van der Waals surface area contributed by atoms with E-state index >= 15 is 0 Å². The lowest BCUT2D eigenvalue weighted by Gasteiger charge is -2.15. The summed E-state index contributed by atoms with van der Waals surface area (Å²) in [5.74, 6) is 0. The van der Waals surface area contributed by atoms with Gasteiger partial charge in [0.2, 0.25) is 0 Å². The number of aliphatic hydroxyl groups excluding tert-OH is 1. The second kappa shape index (κ2) is 6.68. The van der Waals surface area contributed by atoms with Gasteiger partial charge in [-0.1, -0.05) is 15.9 Å². The molecule has 0 saturated heterocycles. The minimum atomic E-state index is -0.375. The van der Waals surface area contributed by atoms with Gasteiger partial charge in [-0.3, -0.25) is 10.1 Å². The Morgan fingerprint density at radius 1 is 1.53 bits per heavy atom. The Bertz CT molecular complexity index is 398. The summed E-state index contributed by atoms with van der Waals surface area (Å²) in [4.78, 5) is 12.5. The highest BCUT2D eigenvalue weighted by Crippen LogP contribution is 2.24. The molecule has 0 aliphatic heterocycles. The van der Waals surface area contributed by atoms with Gasteiger partial charge < -0.3 is 10.0 Å². The van der Waals surface area contributed by atoms with E-state index in [-0.39, 0.29) is 17.2 Å². The summed E-state index contributed by atoms with van der Waals surface area (Å²) in [6.45, 7) is 1.35. The Morgan fingerprint density at radius 3 is 2.82 bits per heavy atom. The van der Waals surface area contributed by atoms with E-state index in [2.05, 4.69) is 15.9 Å². The van der Waals surface area contributed by atoms with Crippen LogP contribution in [0.25, 0.3) is 0 Å². The van der Waals surface area contributed by atoms with Gasteiger partial charge in [0.15, 0.2) is 0 Å². The predicted octanol–water partition coefficient (Wildman–Crippen LogP) is 2.17. The number of aliphatic hydroxyl groups is 1. The van der Waals surface area contributed by atoms with Crippen molar-refractivity contribution in [3.63, 3.8) is 0 Å². The van der Waals surface area contributed by atoms with E-state index in [0.717, 1.165) is 0 Å². The molecule has 5 nitrogen and oxygen atoms in total. The zero-order valence-corrected chi connectivity index (χ0v) is 11.2. The van der Waals surface area contributed by atoms with Crippen LogP contribution in [0.2, 0.25) is 0 Å². The molecule has 0 radical (unpaired) electrons. The van der Waals surface area contributed by atoms with Crippen LogP contribution in [-0.4, -0.2) is 35.1 Å². The maximum Gasteiger partial charge on any atom is 0.275 e. The third-order valence-electron chi connectivity index (χ3n) is 2.38. The number of rotatable bonds is 6. The van der Waals surface area contributed by atoms with Gasteiger partial charge in [0.05, 0.1) is 4.92 Å². The molecule has 0 heterocycles. The van der Waals surface area contributed by atoms with Crippen LogP contribution in [0, 0.1) is 10.1 Å². The van der Waals surface area contributed by atoms with Crippen LogP contribution in [0.5, 0.6) is 0 Å². The predicted molar refractivity (Wildman–Crippen MR) is 68.8 cm³/mol. The fourth-order valence-corrected chi connectivity index (χ4v) is 1.90. The van der Waals surface area contributed by atoms with Gasteiger partial charge in [0.1, 0.15) is 0 Å². The molecule has 0 unspecified atom stereocenters. The molecule has 0 aliphatic carbocycles. The van der Waals surface area contributed by atoms with E-state index in [1.54, 1.807) is 12.1 Å². The molecule has 0 atom stereocenters. The number of nitro benzene ring substituents is 1. The average Bonchev–Trinajstić information content (AvgIpc) is 2.28. The Morgan fingerprint density at radius 2 is 2.24 bits per heavy atom. The van der Waals surface area contributed by atoms with Gasteiger partial charge in [-0.2, -0.15) is 0 Å². The molecule has 0 bridgehead atoms. The van der Waals surface area contributed by atoms with Crippen molar-refractivity contribution in [2.75, 3.05) is 20.2 Å². The van der Waals surface area contributed by atoms with Crippen molar-refractivity contribution in [1.29, 1.82) is 0 Å². The minimum Gasteiger partial charge on any atom is -0.396 e. The first-order chi connectivity index (χ1) is 8.04. The van der Waals surface area contributed by atoms with Gasteiger partial charge in [0.25, 0.3) is 5.69 Å². The van der Waals surface area contributed by atoms with Crippen molar-refractivity contribution in [2.45, 2.75) is 13.0 Å². The number of nitro groups is 1. The van der Waals surface area contributed by atoms with E-state index in [9.17, 15) is 10.1 Å². The summed E-state index contributed by atoms with van der Waals surface area (Å²) in [5.41, 5.74) is 0.800. The number of hydrogen-bond acceptors (Lipinski definition) is 4. The molecular formula is C11H15BrN2O3. The number of nitrogens with zero attached hydrogens (tertiary/aromatic N) is 2. The molecule has 0 aliphatic rings. The first kappa shape index (κ1) is 14.1. The quantitative estimate of drug-likeness (QED) is 0.646. The Balaban J connectivity index is 2.79. The lowest BCUT2D eigenvalue weighted by Crippen LogP contribution is -2.20. The first-order valence-corrected chi connectivity index (χ1v) is 6.06. The fourth-order valence-electron chi connectivity index (χ4n) is 1.55. The third kappa shape index (κ3) is 4.41. The molecular weight excluding hydrogens is 288 g/mol. The molecule has 0 amide bonds. The van der Waals surface area contributed by atoms with Crippen molar-refractivity contribution < 1.29 is 10.0 Å².